The van der Waals surface area contributed by atoms with Gasteiger partial charge in [-0.3, -0.25) is 9.69 Å². The first kappa shape index (κ1) is 19.3. The molecule has 5 heteroatoms. The SMILES string of the molecule is COc1ccc(Cl)cc1N1C(=O)/C(=C/c2ccccc2)C=C1c1ccc(Cl)cc1. The number of methoxy groups -OCH3 is 1. The van der Waals surface area contributed by atoms with Crippen LogP contribution < -0.4 is 9.64 Å². The Hall–Kier alpha value is -3.01. The zero-order valence-corrected chi connectivity index (χ0v) is 17.1. The van der Waals surface area contributed by atoms with E-state index in [0.29, 0.717) is 27.1 Å². The van der Waals surface area contributed by atoms with Crippen molar-refractivity contribution < 1.29 is 9.53 Å². The highest BCUT2D eigenvalue weighted by Crippen LogP contribution is 2.41. The Labute approximate surface area is 179 Å². The van der Waals surface area contributed by atoms with Crippen LogP contribution in [0.15, 0.2) is 84.4 Å². The Bertz CT molecular complexity index is 1120. The van der Waals surface area contributed by atoms with Gasteiger partial charge < -0.3 is 4.74 Å². The highest BCUT2D eigenvalue weighted by Gasteiger charge is 2.32. The van der Waals surface area contributed by atoms with Crippen molar-refractivity contribution in [2.45, 2.75) is 0 Å². The van der Waals surface area contributed by atoms with E-state index in [-0.39, 0.29) is 5.91 Å². The lowest BCUT2D eigenvalue weighted by atomic mass is 10.1. The summed E-state index contributed by atoms with van der Waals surface area (Å²) in [5, 5.41) is 1.15. The molecule has 0 atom stereocenters. The predicted molar refractivity (Wildman–Crippen MR) is 119 cm³/mol. The molecule has 0 unspecified atom stereocenters. The van der Waals surface area contributed by atoms with Crippen LogP contribution in [0.2, 0.25) is 10.0 Å². The van der Waals surface area contributed by atoms with Crippen LogP contribution in [0.3, 0.4) is 0 Å². The molecular formula is C24H17Cl2NO2. The number of ether oxygens (including phenoxy) is 1. The molecule has 4 rings (SSSR count). The van der Waals surface area contributed by atoms with Gasteiger partial charge in [-0.25, -0.2) is 0 Å². The number of benzene rings is 3. The van der Waals surface area contributed by atoms with Gasteiger partial charge in [-0.2, -0.15) is 0 Å². The number of hydrogen-bond acceptors (Lipinski definition) is 2. The maximum atomic E-state index is 13.4. The third kappa shape index (κ3) is 3.93. The molecule has 0 saturated heterocycles. The van der Waals surface area contributed by atoms with Gasteiger partial charge >= 0.3 is 0 Å². The van der Waals surface area contributed by atoms with Crippen LogP contribution in [0.1, 0.15) is 11.1 Å². The molecule has 0 aliphatic carbocycles. The predicted octanol–water partition coefficient (Wildman–Crippen LogP) is 6.47. The number of rotatable bonds is 4. The van der Waals surface area contributed by atoms with E-state index in [4.69, 9.17) is 27.9 Å². The Morgan fingerprint density at radius 2 is 1.59 bits per heavy atom. The van der Waals surface area contributed by atoms with Crippen LogP contribution in [0.4, 0.5) is 5.69 Å². The number of amides is 1. The first-order valence-corrected chi connectivity index (χ1v) is 9.75. The molecule has 3 nitrogen and oxygen atoms in total. The molecule has 3 aromatic carbocycles. The van der Waals surface area contributed by atoms with E-state index >= 15 is 0 Å². The van der Waals surface area contributed by atoms with Crippen molar-refractivity contribution in [1.82, 2.24) is 0 Å². The Morgan fingerprint density at radius 3 is 2.28 bits per heavy atom. The summed E-state index contributed by atoms with van der Waals surface area (Å²) in [6.07, 6.45) is 3.74. The average Bonchev–Trinajstić information content (AvgIpc) is 3.05. The highest BCUT2D eigenvalue weighted by molar-refractivity contribution is 6.32. The van der Waals surface area contributed by atoms with E-state index in [1.165, 1.54) is 0 Å². The smallest absolute Gasteiger partial charge is 0.263 e. The lowest BCUT2D eigenvalue weighted by Crippen LogP contribution is -2.25. The van der Waals surface area contributed by atoms with Crippen molar-refractivity contribution in [2.75, 3.05) is 12.0 Å². The zero-order valence-electron chi connectivity index (χ0n) is 15.6. The molecule has 0 bridgehead atoms. The lowest BCUT2D eigenvalue weighted by molar-refractivity contribution is -0.113. The monoisotopic (exact) mass is 421 g/mol. The van der Waals surface area contributed by atoms with E-state index in [1.807, 2.05) is 54.6 Å². The van der Waals surface area contributed by atoms with Crippen molar-refractivity contribution in [3.63, 3.8) is 0 Å². The molecule has 1 aliphatic heterocycles. The first-order valence-electron chi connectivity index (χ1n) is 8.99. The number of anilines is 1. The van der Waals surface area contributed by atoms with Gasteiger partial charge in [-0.1, -0.05) is 65.7 Å². The quantitative estimate of drug-likeness (QED) is 0.451. The standard InChI is InChI=1S/C24H17Cl2NO2/c1-29-23-12-11-20(26)15-22(23)27-21(17-7-9-19(25)10-8-17)14-18(24(27)28)13-16-5-3-2-4-6-16/h2-15H,1H3/b18-13+. The largest absolute Gasteiger partial charge is 0.495 e. The fourth-order valence-electron chi connectivity index (χ4n) is 3.25. The molecule has 0 saturated carbocycles. The molecular weight excluding hydrogens is 405 g/mol. The normalized spacial score (nSPS) is 15.0. The molecule has 0 spiro atoms. The molecule has 144 valence electrons. The van der Waals surface area contributed by atoms with E-state index in [9.17, 15) is 4.79 Å². The summed E-state index contributed by atoms with van der Waals surface area (Å²) in [6.45, 7) is 0. The molecule has 0 radical (unpaired) electrons. The van der Waals surface area contributed by atoms with Crippen LogP contribution in [-0.4, -0.2) is 13.0 Å². The van der Waals surface area contributed by atoms with Gasteiger partial charge in [0, 0.05) is 15.6 Å². The van der Waals surface area contributed by atoms with Crippen LogP contribution >= 0.6 is 23.2 Å². The summed E-state index contributed by atoms with van der Waals surface area (Å²) in [5.41, 5.74) is 3.70. The van der Waals surface area contributed by atoms with Crippen molar-refractivity contribution in [3.8, 4) is 5.75 Å². The van der Waals surface area contributed by atoms with Gasteiger partial charge in [0.15, 0.2) is 0 Å². The van der Waals surface area contributed by atoms with Crippen LogP contribution in [0.5, 0.6) is 5.75 Å². The summed E-state index contributed by atoms with van der Waals surface area (Å²) >= 11 is 12.3. The molecule has 0 fully saturated rings. The van der Waals surface area contributed by atoms with Crippen molar-refractivity contribution in [1.29, 1.82) is 0 Å². The molecule has 29 heavy (non-hydrogen) atoms. The molecule has 1 amide bonds. The second-order valence-corrected chi connectivity index (χ2v) is 7.38. The van der Waals surface area contributed by atoms with Gasteiger partial charge in [0.05, 0.1) is 18.5 Å². The summed E-state index contributed by atoms with van der Waals surface area (Å²) in [7, 11) is 1.57. The van der Waals surface area contributed by atoms with Crippen molar-refractivity contribution in [2.24, 2.45) is 0 Å². The molecule has 0 N–H and O–H groups in total. The minimum absolute atomic E-state index is 0.153. The molecule has 1 aliphatic rings. The zero-order chi connectivity index (χ0) is 20.4. The number of carbonyl (C=O) groups excluding carboxylic acids is 1. The van der Waals surface area contributed by atoms with Crippen molar-refractivity contribution in [3.05, 3.63) is 106 Å². The van der Waals surface area contributed by atoms with Gasteiger partial charge in [0.2, 0.25) is 0 Å². The third-order valence-corrected chi connectivity index (χ3v) is 5.11. The highest BCUT2D eigenvalue weighted by atomic mass is 35.5. The Balaban J connectivity index is 1.88. The molecule has 0 aromatic heterocycles. The fraction of sp³-hybridized carbons (Fsp3) is 0.0417. The lowest BCUT2D eigenvalue weighted by Gasteiger charge is -2.23. The van der Waals surface area contributed by atoms with Gasteiger partial charge in [-0.05, 0) is 53.6 Å². The minimum atomic E-state index is -0.153. The summed E-state index contributed by atoms with van der Waals surface area (Å²) < 4.78 is 5.50. The second kappa shape index (κ2) is 8.16. The number of hydrogen-bond donors (Lipinski definition) is 0. The third-order valence-electron chi connectivity index (χ3n) is 4.63. The minimum Gasteiger partial charge on any atom is -0.495 e. The van der Waals surface area contributed by atoms with E-state index in [1.54, 1.807) is 42.3 Å². The van der Waals surface area contributed by atoms with Gasteiger partial charge in [0.25, 0.3) is 5.91 Å². The number of carbonyl (C=O) groups is 1. The van der Waals surface area contributed by atoms with Crippen LogP contribution in [0, 0.1) is 0 Å². The molecule has 3 aromatic rings. The van der Waals surface area contributed by atoms with Gasteiger partial charge in [-0.15, -0.1) is 0 Å². The maximum Gasteiger partial charge on any atom is 0.263 e. The summed E-state index contributed by atoms with van der Waals surface area (Å²) in [5.74, 6) is 0.406. The topological polar surface area (TPSA) is 29.5 Å². The van der Waals surface area contributed by atoms with Crippen molar-refractivity contribution >= 4 is 46.6 Å². The molecule has 1 heterocycles. The van der Waals surface area contributed by atoms with Crippen LogP contribution in [0.25, 0.3) is 11.8 Å². The maximum absolute atomic E-state index is 13.4. The summed E-state index contributed by atoms with van der Waals surface area (Å²) in [4.78, 5) is 15.0. The summed E-state index contributed by atoms with van der Waals surface area (Å²) in [6, 6.07) is 22.3. The van der Waals surface area contributed by atoms with E-state index in [0.717, 1.165) is 16.8 Å². The Kier molecular flexibility index (Phi) is 5.43. The first-order chi connectivity index (χ1) is 14.1. The average molecular weight is 422 g/mol. The Morgan fingerprint density at radius 1 is 0.897 bits per heavy atom. The second-order valence-electron chi connectivity index (χ2n) is 6.50. The number of nitrogens with zero attached hydrogens (tertiary/aromatic N) is 1. The van der Waals surface area contributed by atoms with Crippen LogP contribution in [-0.2, 0) is 4.79 Å². The fourth-order valence-corrected chi connectivity index (χ4v) is 3.55. The van der Waals surface area contributed by atoms with Gasteiger partial charge in [0.1, 0.15) is 5.75 Å². The number of halogens is 2. The van der Waals surface area contributed by atoms with E-state index in [2.05, 4.69) is 0 Å². The van der Waals surface area contributed by atoms with E-state index < -0.39 is 0 Å².